The van der Waals surface area contributed by atoms with Crippen molar-refractivity contribution in [1.29, 1.82) is 0 Å². The fourth-order valence-corrected chi connectivity index (χ4v) is 4.38. The summed E-state index contributed by atoms with van der Waals surface area (Å²) < 4.78 is 2.18. The first-order chi connectivity index (χ1) is 14.6. The minimum atomic E-state index is -0.566. The van der Waals surface area contributed by atoms with Gasteiger partial charge in [-0.05, 0) is 47.7 Å². The number of carbonyl (C=O) groups is 1. The molecule has 0 radical (unpaired) electrons. The van der Waals surface area contributed by atoms with E-state index in [1.165, 1.54) is 11.1 Å². The number of fused-ring (bicyclic) bond motifs is 2. The average Bonchev–Trinajstić information content (AvgIpc) is 3.33. The van der Waals surface area contributed by atoms with E-state index >= 15 is 0 Å². The molecule has 0 fully saturated rings. The summed E-state index contributed by atoms with van der Waals surface area (Å²) in [6.07, 6.45) is 1.99. The first-order valence-corrected chi connectivity index (χ1v) is 10.2. The van der Waals surface area contributed by atoms with Crippen molar-refractivity contribution < 1.29 is 4.79 Å². The van der Waals surface area contributed by atoms with Crippen molar-refractivity contribution in [2.45, 2.75) is 25.4 Å². The second kappa shape index (κ2) is 7.46. The number of pyridine rings is 1. The molecule has 0 saturated heterocycles. The number of aryl methyl sites for hydroxylation is 1. The number of nitrogens with zero attached hydrogens (tertiary/aromatic N) is 3. The largest absolute Gasteiger partial charge is 0.364 e. The molecule has 1 atom stereocenters. The highest BCUT2D eigenvalue weighted by Gasteiger charge is 2.28. The SMILES string of the molecule is NC(=O)c1ccc2c(n1)nc(NCc1ccccc1Cl)n2C1CCc2ccccc21. The maximum Gasteiger partial charge on any atom is 0.267 e. The number of aromatic nitrogens is 3. The number of amides is 1. The number of hydrogen-bond acceptors (Lipinski definition) is 4. The quantitative estimate of drug-likeness (QED) is 0.506. The molecule has 150 valence electrons. The molecule has 3 N–H and O–H groups in total. The van der Waals surface area contributed by atoms with Crippen molar-refractivity contribution in [2.75, 3.05) is 5.32 Å². The monoisotopic (exact) mass is 417 g/mol. The number of nitrogens with two attached hydrogens (primary N) is 1. The van der Waals surface area contributed by atoms with E-state index < -0.39 is 5.91 Å². The molecular formula is C23H20ClN5O. The molecular weight excluding hydrogens is 398 g/mol. The normalized spacial score (nSPS) is 15.3. The topological polar surface area (TPSA) is 85.8 Å². The van der Waals surface area contributed by atoms with E-state index in [1.807, 2.05) is 30.3 Å². The number of rotatable bonds is 5. The molecule has 2 aromatic heterocycles. The summed E-state index contributed by atoms with van der Waals surface area (Å²) in [5, 5.41) is 4.13. The molecule has 0 bridgehead atoms. The third kappa shape index (κ3) is 3.19. The van der Waals surface area contributed by atoms with Gasteiger partial charge in [0.1, 0.15) is 5.69 Å². The summed E-state index contributed by atoms with van der Waals surface area (Å²) >= 11 is 6.33. The highest BCUT2D eigenvalue weighted by Crippen LogP contribution is 2.38. The molecule has 6 nitrogen and oxygen atoms in total. The van der Waals surface area contributed by atoms with E-state index in [0.717, 1.165) is 23.9 Å². The first kappa shape index (κ1) is 18.6. The van der Waals surface area contributed by atoms with Crippen molar-refractivity contribution in [3.63, 3.8) is 0 Å². The predicted molar refractivity (Wildman–Crippen MR) is 118 cm³/mol. The van der Waals surface area contributed by atoms with Crippen LogP contribution >= 0.6 is 11.6 Å². The molecule has 5 rings (SSSR count). The maximum atomic E-state index is 11.6. The van der Waals surface area contributed by atoms with Crippen LogP contribution in [0.2, 0.25) is 5.02 Å². The Morgan fingerprint density at radius 3 is 2.73 bits per heavy atom. The lowest BCUT2D eigenvalue weighted by molar-refractivity contribution is 0.0996. The van der Waals surface area contributed by atoms with Crippen molar-refractivity contribution in [1.82, 2.24) is 14.5 Å². The lowest BCUT2D eigenvalue weighted by Gasteiger charge is -2.19. The lowest BCUT2D eigenvalue weighted by Crippen LogP contribution is -2.14. The summed E-state index contributed by atoms with van der Waals surface area (Å²) in [5.41, 5.74) is 10.6. The van der Waals surface area contributed by atoms with Gasteiger partial charge in [-0.1, -0.05) is 54.1 Å². The van der Waals surface area contributed by atoms with Crippen LogP contribution in [-0.4, -0.2) is 20.4 Å². The lowest BCUT2D eigenvalue weighted by atomic mass is 10.1. The Kier molecular flexibility index (Phi) is 4.64. The van der Waals surface area contributed by atoms with Gasteiger partial charge in [0.25, 0.3) is 5.91 Å². The number of halogens is 1. The summed E-state index contributed by atoms with van der Waals surface area (Å²) in [5.74, 6) is 0.129. The minimum Gasteiger partial charge on any atom is -0.364 e. The molecule has 2 aromatic carbocycles. The van der Waals surface area contributed by atoms with Crippen LogP contribution in [0.4, 0.5) is 5.95 Å². The highest BCUT2D eigenvalue weighted by atomic mass is 35.5. The molecule has 2 heterocycles. The molecule has 0 saturated carbocycles. The highest BCUT2D eigenvalue weighted by molar-refractivity contribution is 6.31. The Balaban J connectivity index is 1.61. The van der Waals surface area contributed by atoms with Gasteiger partial charge in [-0.3, -0.25) is 4.79 Å². The van der Waals surface area contributed by atoms with E-state index in [-0.39, 0.29) is 11.7 Å². The third-order valence-electron chi connectivity index (χ3n) is 5.61. The van der Waals surface area contributed by atoms with E-state index in [0.29, 0.717) is 23.2 Å². The number of hydrogen-bond donors (Lipinski definition) is 2. The maximum absolute atomic E-state index is 11.6. The van der Waals surface area contributed by atoms with Crippen LogP contribution in [0, 0.1) is 0 Å². The van der Waals surface area contributed by atoms with Gasteiger partial charge in [0.05, 0.1) is 11.6 Å². The van der Waals surface area contributed by atoms with Gasteiger partial charge in [0, 0.05) is 11.6 Å². The predicted octanol–water partition coefficient (Wildman–Crippen LogP) is 4.33. The van der Waals surface area contributed by atoms with Crippen molar-refractivity contribution >= 4 is 34.6 Å². The van der Waals surface area contributed by atoms with Crippen LogP contribution in [0.15, 0.2) is 60.7 Å². The number of anilines is 1. The van der Waals surface area contributed by atoms with Gasteiger partial charge in [0.15, 0.2) is 5.65 Å². The molecule has 0 spiro atoms. The average molecular weight is 418 g/mol. The van der Waals surface area contributed by atoms with E-state index in [2.05, 4.69) is 39.1 Å². The summed E-state index contributed by atoms with van der Waals surface area (Å²) in [6.45, 7) is 0.528. The Morgan fingerprint density at radius 1 is 1.10 bits per heavy atom. The van der Waals surface area contributed by atoms with Crippen LogP contribution < -0.4 is 11.1 Å². The van der Waals surface area contributed by atoms with E-state index in [4.69, 9.17) is 22.3 Å². The van der Waals surface area contributed by atoms with Crippen LogP contribution in [0.1, 0.15) is 39.6 Å². The van der Waals surface area contributed by atoms with Crippen LogP contribution in [-0.2, 0) is 13.0 Å². The van der Waals surface area contributed by atoms with E-state index in [9.17, 15) is 4.79 Å². The number of imidazole rings is 1. The molecule has 0 aliphatic heterocycles. The smallest absolute Gasteiger partial charge is 0.267 e. The molecule has 4 aromatic rings. The van der Waals surface area contributed by atoms with Crippen molar-refractivity contribution in [3.8, 4) is 0 Å². The standard InChI is InChI=1S/C23H20ClN5O/c24-17-8-4-2-6-15(17)13-26-23-28-22-20(12-10-18(27-22)21(25)30)29(23)19-11-9-14-5-1-3-7-16(14)19/h1-8,10,12,19H,9,11,13H2,(H2,25,30)(H,26,27,28). The van der Waals surface area contributed by atoms with Gasteiger partial charge >= 0.3 is 0 Å². The first-order valence-electron chi connectivity index (χ1n) is 9.85. The van der Waals surface area contributed by atoms with E-state index in [1.54, 1.807) is 6.07 Å². The van der Waals surface area contributed by atoms with Gasteiger partial charge in [-0.15, -0.1) is 0 Å². The minimum absolute atomic E-state index is 0.140. The van der Waals surface area contributed by atoms with Gasteiger partial charge in [-0.2, -0.15) is 4.98 Å². The molecule has 1 unspecified atom stereocenters. The van der Waals surface area contributed by atoms with Gasteiger partial charge in [0.2, 0.25) is 5.95 Å². The Bertz CT molecular complexity index is 1270. The van der Waals surface area contributed by atoms with Crippen LogP contribution in [0.25, 0.3) is 11.2 Å². The molecule has 7 heteroatoms. The zero-order chi connectivity index (χ0) is 20.7. The fraction of sp³-hybridized carbons (Fsp3) is 0.174. The van der Waals surface area contributed by atoms with Gasteiger partial charge < -0.3 is 15.6 Å². The van der Waals surface area contributed by atoms with Crippen molar-refractivity contribution in [2.24, 2.45) is 5.73 Å². The second-order valence-electron chi connectivity index (χ2n) is 7.41. The summed E-state index contributed by atoms with van der Waals surface area (Å²) in [6, 6.07) is 19.9. The second-order valence-corrected chi connectivity index (χ2v) is 7.81. The number of benzene rings is 2. The number of primary amides is 1. The van der Waals surface area contributed by atoms with Gasteiger partial charge in [-0.25, -0.2) is 4.98 Å². The molecule has 1 aliphatic carbocycles. The van der Waals surface area contributed by atoms with Crippen molar-refractivity contribution in [3.05, 3.63) is 88.1 Å². The summed E-state index contributed by atoms with van der Waals surface area (Å²) in [7, 11) is 0. The fourth-order valence-electron chi connectivity index (χ4n) is 4.18. The number of nitrogens with one attached hydrogen (secondary N) is 1. The zero-order valence-electron chi connectivity index (χ0n) is 16.2. The summed E-state index contributed by atoms with van der Waals surface area (Å²) in [4.78, 5) is 20.7. The van der Waals surface area contributed by atoms with Crippen LogP contribution in [0.3, 0.4) is 0 Å². The molecule has 1 aliphatic rings. The Labute approximate surface area is 178 Å². The molecule has 30 heavy (non-hydrogen) atoms. The Hall–Kier alpha value is -3.38. The Morgan fingerprint density at radius 2 is 1.90 bits per heavy atom. The molecule has 1 amide bonds. The number of carbonyl (C=O) groups excluding carboxylic acids is 1. The zero-order valence-corrected chi connectivity index (χ0v) is 16.9. The van der Waals surface area contributed by atoms with Crippen LogP contribution in [0.5, 0.6) is 0 Å². The third-order valence-corrected chi connectivity index (χ3v) is 5.98.